The number of nitrogens with zero attached hydrogens (tertiary/aromatic N) is 2. The van der Waals surface area contributed by atoms with Crippen LogP contribution in [0.2, 0.25) is 0 Å². The van der Waals surface area contributed by atoms with Gasteiger partial charge in [0.1, 0.15) is 0 Å². The summed E-state index contributed by atoms with van der Waals surface area (Å²) in [5, 5.41) is 2.50. The van der Waals surface area contributed by atoms with Crippen molar-refractivity contribution in [3.8, 4) is 44.5 Å². The van der Waals surface area contributed by atoms with Gasteiger partial charge in [-0.1, -0.05) is 115 Å². The molecule has 0 atom stereocenters. The molecule has 1 heterocycles. The van der Waals surface area contributed by atoms with E-state index in [0.717, 1.165) is 16.7 Å². The van der Waals surface area contributed by atoms with Gasteiger partial charge >= 0.3 is 0 Å². The fraction of sp³-hybridized carbons (Fsp3) is 0.0244. The van der Waals surface area contributed by atoms with Gasteiger partial charge in [-0.15, -0.1) is 0 Å². The number of hydrogen-bond acceptors (Lipinski definition) is 1. The maximum Gasteiger partial charge on any atom is 0.205 e. The lowest BCUT2D eigenvalue weighted by Gasteiger charge is -2.31. The summed E-state index contributed by atoms with van der Waals surface area (Å²) in [5.41, 5.74) is 15.1. The summed E-state index contributed by atoms with van der Waals surface area (Å²) in [6.07, 6.45) is 3.45. The predicted molar refractivity (Wildman–Crippen MR) is 175 cm³/mol. The molecule has 2 heteroatoms. The van der Waals surface area contributed by atoms with Gasteiger partial charge in [0.05, 0.1) is 12.0 Å². The lowest BCUT2D eigenvalue weighted by molar-refractivity contribution is 0.794. The first-order valence-corrected chi connectivity index (χ1v) is 14.6. The minimum absolute atomic E-state index is 0.399. The Bertz CT molecular complexity index is 2280. The van der Waals surface area contributed by atoms with Gasteiger partial charge in [0.25, 0.3) is 0 Å². The molecule has 0 amide bonds. The third-order valence-corrected chi connectivity index (χ3v) is 9.36. The van der Waals surface area contributed by atoms with Crippen LogP contribution in [-0.2, 0) is 5.41 Å². The fourth-order valence-electron chi connectivity index (χ4n) is 7.70. The van der Waals surface area contributed by atoms with Crippen molar-refractivity contribution in [1.82, 2.24) is 4.98 Å². The van der Waals surface area contributed by atoms with Crippen LogP contribution in [-0.4, -0.2) is 4.98 Å². The second kappa shape index (κ2) is 8.86. The zero-order valence-corrected chi connectivity index (χ0v) is 23.3. The molecule has 43 heavy (non-hydrogen) atoms. The Morgan fingerprint density at radius 1 is 0.465 bits per heavy atom. The number of rotatable bonds is 2. The first kappa shape index (κ1) is 23.9. The third-order valence-electron chi connectivity index (χ3n) is 9.36. The molecule has 0 unspecified atom stereocenters. The SMILES string of the molecule is [C-]#[N+]c1cncc(-c2cccc(-c3cc4c(c5ccccc35)-c3ccccc3C43c4ccccc4-c4ccccc43)c2)c1. The maximum absolute atomic E-state index is 7.46. The third kappa shape index (κ3) is 3.14. The van der Waals surface area contributed by atoms with Crippen LogP contribution in [0.5, 0.6) is 0 Å². The molecule has 0 saturated heterocycles. The van der Waals surface area contributed by atoms with Gasteiger partial charge in [0.15, 0.2) is 0 Å². The minimum atomic E-state index is -0.399. The molecule has 0 aliphatic heterocycles. The van der Waals surface area contributed by atoms with Crippen molar-refractivity contribution < 1.29 is 0 Å². The van der Waals surface area contributed by atoms with Gasteiger partial charge in [0.2, 0.25) is 5.69 Å². The topological polar surface area (TPSA) is 17.2 Å². The molecule has 0 N–H and O–H groups in total. The normalized spacial score (nSPS) is 13.3. The molecule has 2 aliphatic rings. The van der Waals surface area contributed by atoms with E-state index in [4.69, 9.17) is 6.57 Å². The molecule has 6 aromatic carbocycles. The average Bonchev–Trinajstić information content (AvgIpc) is 3.55. The average molecular weight is 545 g/mol. The second-order valence-electron chi connectivity index (χ2n) is 11.4. The largest absolute Gasteiger partial charge is 0.276 e. The highest BCUT2D eigenvalue weighted by Crippen LogP contribution is 2.64. The summed E-state index contributed by atoms with van der Waals surface area (Å²) in [4.78, 5) is 7.93. The maximum atomic E-state index is 7.46. The molecule has 0 radical (unpaired) electrons. The van der Waals surface area contributed by atoms with Crippen LogP contribution in [0.4, 0.5) is 5.69 Å². The van der Waals surface area contributed by atoms with Crippen molar-refractivity contribution in [2.24, 2.45) is 0 Å². The van der Waals surface area contributed by atoms with E-state index in [1.165, 1.54) is 60.8 Å². The van der Waals surface area contributed by atoms with Crippen LogP contribution in [0.25, 0.3) is 60.1 Å². The number of benzene rings is 6. The van der Waals surface area contributed by atoms with E-state index in [2.05, 4.69) is 137 Å². The lowest BCUT2D eigenvalue weighted by atomic mass is 9.70. The molecule has 2 aliphatic carbocycles. The monoisotopic (exact) mass is 544 g/mol. The van der Waals surface area contributed by atoms with E-state index in [0.29, 0.717) is 5.69 Å². The summed E-state index contributed by atoms with van der Waals surface area (Å²) >= 11 is 0. The van der Waals surface area contributed by atoms with E-state index in [1.54, 1.807) is 6.20 Å². The summed E-state index contributed by atoms with van der Waals surface area (Å²) in [7, 11) is 0. The van der Waals surface area contributed by atoms with E-state index in [1.807, 2.05) is 12.3 Å². The molecular formula is C41H24N2. The van der Waals surface area contributed by atoms with Crippen LogP contribution in [0.15, 0.2) is 146 Å². The van der Waals surface area contributed by atoms with E-state index >= 15 is 0 Å². The summed E-state index contributed by atoms with van der Waals surface area (Å²) in [5.74, 6) is 0. The van der Waals surface area contributed by atoms with Gasteiger partial charge in [-0.2, -0.15) is 0 Å². The first-order chi connectivity index (χ1) is 21.3. The van der Waals surface area contributed by atoms with Crippen molar-refractivity contribution in [1.29, 1.82) is 0 Å². The zero-order chi connectivity index (χ0) is 28.5. The Morgan fingerprint density at radius 2 is 1.07 bits per heavy atom. The van der Waals surface area contributed by atoms with Crippen LogP contribution >= 0.6 is 0 Å². The molecular weight excluding hydrogens is 520 g/mol. The van der Waals surface area contributed by atoms with Gasteiger partial charge in [-0.25, -0.2) is 4.85 Å². The summed E-state index contributed by atoms with van der Waals surface area (Å²) in [6.45, 7) is 7.46. The predicted octanol–water partition coefficient (Wildman–Crippen LogP) is 10.5. The summed E-state index contributed by atoms with van der Waals surface area (Å²) in [6, 6.07) is 48.8. The molecule has 2 nitrogen and oxygen atoms in total. The quantitative estimate of drug-likeness (QED) is 0.198. The fourth-order valence-corrected chi connectivity index (χ4v) is 7.70. The van der Waals surface area contributed by atoms with Crippen molar-refractivity contribution in [3.63, 3.8) is 0 Å². The number of pyridine rings is 1. The molecule has 1 aromatic heterocycles. The molecule has 0 saturated carbocycles. The van der Waals surface area contributed by atoms with Gasteiger partial charge < -0.3 is 0 Å². The highest BCUT2D eigenvalue weighted by molar-refractivity contribution is 6.11. The lowest BCUT2D eigenvalue weighted by Crippen LogP contribution is -2.25. The Kier molecular flexibility index (Phi) is 4.92. The smallest absolute Gasteiger partial charge is 0.205 e. The van der Waals surface area contributed by atoms with Crippen molar-refractivity contribution in [2.75, 3.05) is 0 Å². The number of hydrogen-bond donors (Lipinski definition) is 0. The zero-order valence-electron chi connectivity index (χ0n) is 23.3. The van der Waals surface area contributed by atoms with E-state index in [9.17, 15) is 0 Å². The molecule has 1 spiro atoms. The highest BCUT2D eigenvalue weighted by atomic mass is 14.7. The second-order valence-corrected chi connectivity index (χ2v) is 11.4. The van der Waals surface area contributed by atoms with Crippen molar-refractivity contribution in [2.45, 2.75) is 5.41 Å². The van der Waals surface area contributed by atoms with Crippen LogP contribution in [0, 0.1) is 6.57 Å². The van der Waals surface area contributed by atoms with E-state index < -0.39 is 5.41 Å². The molecule has 198 valence electrons. The highest BCUT2D eigenvalue weighted by Gasteiger charge is 2.52. The van der Waals surface area contributed by atoms with Crippen LogP contribution in [0.1, 0.15) is 22.3 Å². The first-order valence-electron chi connectivity index (χ1n) is 14.6. The van der Waals surface area contributed by atoms with Gasteiger partial charge in [-0.05, 0) is 95.7 Å². The molecule has 0 fully saturated rings. The standard InChI is InChI=1S/C41H24N2/c1-42-29-22-28(24-43-25-29)26-11-10-12-27(21-26)35-23-39-40(33-16-3-2-13-30(33)35)34-17-6-9-20-38(34)41(39)36-18-7-4-14-31(36)32-15-5-8-19-37(32)41/h2-25H. The number of aromatic nitrogens is 1. The molecule has 9 rings (SSSR count). The van der Waals surface area contributed by atoms with Crippen LogP contribution in [0.3, 0.4) is 0 Å². The van der Waals surface area contributed by atoms with E-state index in [-0.39, 0.29) is 0 Å². The Hall–Kier alpha value is -5.78. The minimum Gasteiger partial charge on any atom is -0.276 e. The van der Waals surface area contributed by atoms with Gasteiger partial charge in [0, 0.05) is 12.4 Å². The van der Waals surface area contributed by atoms with Gasteiger partial charge in [-0.3, -0.25) is 4.98 Å². The molecule has 7 aromatic rings. The Morgan fingerprint density at radius 3 is 1.79 bits per heavy atom. The van der Waals surface area contributed by atoms with Crippen molar-refractivity contribution >= 4 is 16.5 Å². The van der Waals surface area contributed by atoms with Crippen LogP contribution < -0.4 is 0 Å². The summed E-state index contributed by atoms with van der Waals surface area (Å²) < 4.78 is 0. The number of fused-ring (bicyclic) bond motifs is 12. The molecule has 0 bridgehead atoms. The Labute approximate surface area is 250 Å². The van der Waals surface area contributed by atoms with Crippen molar-refractivity contribution in [3.05, 3.63) is 180 Å². The Balaban J connectivity index is 1.40.